The molecule has 2 aromatic rings. The third-order valence-corrected chi connectivity index (χ3v) is 3.62. The average Bonchev–Trinajstić information content (AvgIpc) is 2.42. The highest BCUT2D eigenvalue weighted by atomic mass is 35.5. The van der Waals surface area contributed by atoms with Crippen LogP contribution >= 0.6 is 23.2 Å². The van der Waals surface area contributed by atoms with Crippen molar-refractivity contribution in [2.24, 2.45) is 0 Å². The van der Waals surface area contributed by atoms with Gasteiger partial charge in [0.2, 0.25) is 0 Å². The number of fused-ring (bicyclic) bond motifs is 1. The van der Waals surface area contributed by atoms with Crippen molar-refractivity contribution in [1.82, 2.24) is 5.32 Å². The maximum Gasteiger partial charge on any atom is 0.258 e. The number of carbonyl (C=O) groups is 1. The zero-order chi connectivity index (χ0) is 13.4. The van der Waals surface area contributed by atoms with Crippen molar-refractivity contribution in [1.29, 1.82) is 0 Å². The van der Waals surface area contributed by atoms with E-state index in [9.17, 15) is 4.79 Å². The number of halogens is 2. The summed E-state index contributed by atoms with van der Waals surface area (Å²) in [5.74, 6) is 0.389. The molecule has 1 aliphatic rings. The molecule has 0 saturated heterocycles. The van der Waals surface area contributed by atoms with Crippen molar-refractivity contribution in [2.45, 2.75) is 6.23 Å². The average molecular weight is 294 g/mol. The van der Waals surface area contributed by atoms with E-state index in [2.05, 4.69) is 5.32 Å². The van der Waals surface area contributed by atoms with Gasteiger partial charge in [-0.15, -0.1) is 0 Å². The van der Waals surface area contributed by atoms with Gasteiger partial charge in [-0.3, -0.25) is 4.79 Å². The molecule has 96 valence electrons. The van der Waals surface area contributed by atoms with Crippen LogP contribution in [0, 0.1) is 0 Å². The van der Waals surface area contributed by atoms with Gasteiger partial charge in [0, 0.05) is 5.56 Å². The van der Waals surface area contributed by atoms with Crippen LogP contribution in [0.4, 0.5) is 0 Å². The lowest BCUT2D eigenvalue weighted by Crippen LogP contribution is -2.36. The van der Waals surface area contributed by atoms with Crippen molar-refractivity contribution in [3.8, 4) is 5.75 Å². The van der Waals surface area contributed by atoms with Gasteiger partial charge in [0.25, 0.3) is 5.91 Å². The Morgan fingerprint density at radius 2 is 1.84 bits per heavy atom. The lowest BCUT2D eigenvalue weighted by molar-refractivity contribution is 0.0756. The maximum absolute atomic E-state index is 12.0. The number of para-hydroxylation sites is 1. The summed E-state index contributed by atoms with van der Waals surface area (Å²) >= 11 is 11.8. The molecule has 3 nitrogen and oxygen atoms in total. The fourth-order valence-corrected chi connectivity index (χ4v) is 2.24. The number of ether oxygens (including phenoxy) is 1. The summed E-state index contributed by atoms with van der Waals surface area (Å²) in [5.41, 5.74) is 1.27. The summed E-state index contributed by atoms with van der Waals surface area (Å²) in [6.07, 6.45) is -0.558. The van der Waals surface area contributed by atoms with E-state index in [0.29, 0.717) is 21.4 Å². The summed E-state index contributed by atoms with van der Waals surface area (Å²) in [4.78, 5) is 12.0. The van der Waals surface area contributed by atoms with Crippen molar-refractivity contribution in [3.63, 3.8) is 0 Å². The molecule has 0 aromatic heterocycles. The zero-order valence-electron chi connectivity index (χ0n) is 9.69. The summed E-state index contributed by atoms with van der Waals surface area (Å²) in [6.45, 7) is 0. The number of carbonyl (C=O) groups excluding carboxylic acids is 1. The molecule has 1 N–H and O–H groups in total. The van der Waals surface area contributed by atoms with E-state index in [1.54, 1.807) is 36.4 Å². The number of amides is 1. The van der Waals surface area contributed by atoms with Gasteiger partial charge in [-0.2, -0.15) is 0 Å². The Bertz CT molecular complexity index is 658. The normalized spacial score (nSPS) is 17.4. The molecule has 0 radical (unpaired) electrons. The Kier molecular flexibility index (Phi) is 3.09. The van der Waals surface area contributed by atoms with Crippen molar-refractivity contribution in [2.75, 3.05) is 0 Å². The number of nitrogens with one attached hydrogen (secondary N) is 1. The monoisotopic (exact) mass is 293 g/mol. The molecule has 19 heavy (non-hydrogen) atoms. The highest BCUT2D eigenvalue weighted by Crippen LogP contribution is 2.31. The third-order valence-electron chi connectivity index (χ3n) is 2.89. The standard InChI is InChI=1S/C14H9Cl2NO2/c15-10-6-5-8(7-11(10)16)14-17-13(18)9-3-1-2-4-12(9)19-14/h1-7,14H,(H,17,18). The second-order valence-electron chi connectivity index (χ2n) is 4.14. The molecule has 1 amide bonds. The molecule has 5 heteroatoms. The van der Waals surface area contributed by atoms with E-state index in [4.69, 9.17) is 27.9 Å². The van der Waals surface area contributed by atoms with Gasteiger partial charge < -0.3 is 10.1 Å². The smallest absolute Gasteiger partial charge is 0.258 e. The third kappa shape index (κ3) is 2.27. The van der Waals surface area contributed by atoms with E-state index in [1.807, 2.05) is 6.07 Å². The number of rotatable bonds is 1. The first-order valence-electron chi connectivity index (χ1n) is 5.66. The predicted octanol–water partition coefficient (Wildman–Crippen LogP) is 3.81. The minimum absolute atomic E-state index is 0.169. The first-order chi connectivity index (χ1) is 9.15. The second kappa shape index (κ2) is 4.76. The van der Waals surface area contributed by atoms with E-state index in [1.165, 1.54) is 0 Å². The van der Waals surface area contributed by atoms with E-state index >= 15 is 0 Å². The maximum atomic E-state index is 12.0. The van der Waals surface area contributed by atoms with Gasteiger partial charge in [-0.25, -0.2) is 0 Å². The van der Waals surface area contributed by atoms with Crippen LogP contribution in [0.1, 0.15) is 22.1 Å². The fraction of sp³-hybridized carbons (Fsp3) is 0.0714. The summed E-state index contributed by atoms with van der Waals surface area (Å²) in [7, 11) is 0. The number of hydrogen-bond donors (Lipinski definition) is 1. The van der Waals surface area contributed by atoms with Crippen LogP contribution in [0.25, 0.3) is 0 Å². The van der Waals surface area contributed by atoms with Crippen LogP contribution in [-0.2, 0) is 0 Å². The van der Waals surface area contributed by atoms with E-state index in [-0.39, 0.29) is 5.91 Å². The lowest BCUT2D eigenvalue weighted by Gasteiger charge is -2.27. The van der Waals surface area contributed by atoms with Crippen LogP contribution in [0.5, 0.6) is 5.75 Å². The summed E-state index contributed by atoms with van der Waals surface area (Å²) in [5, 5.41) is 3.67. The van der Waals surface area contributed by atoms with Crippen LogP contribution in [0.15, 0.2) is 42.5 Å². The molecule has 0 spiro atoms. The van der Waals surface area contributed by atoms with Gasteiger partial charge in [0.15, 0.2) is 6.23 Å². The molecule has 2 aromatic carbocycles. The molecule has 0 aliphatic carbocycles. The van der Waals surface area contributed by atoms with Crippen molar-refractivity contribution >= 4 is 29.1 Å². The fourth-order valence-electron chi connectivity index (χ4n) is 1.94. The van der Waals surface area contributed by atoms with Crippen LogP contribution in [0.3, 0.4) is 0 Å². The van der Waals surface area contributed by atoms with Crippen LogP contribution in [0.2, 0.25) is 10.0 Å². The Balaban J connectivity index is 1.96. The van der Waals surface area contributed by atoms with Crippen molar-refractivity contribution < 1.29 is 9.53 Å². The highest BCUT2D eigenvalue weighted by Gasteiger charge is 2.26. The molecule has 0 fully saturated rings. The van der Waals surface area contributed by atoms with Gasteiger partial charge in [-0.05, 0) is 24.3 Å². The topological polar surface area (TPSA) is 38.3 Å². The Morgan fingerprint density at radius 3 is 2.63 bits per heavy atom. The van der Waals surface area contributed by atoms with Crippen LogP contribution < -0.4 is 10.1 Å². The minimum atomic E-state index is -0.558. The lowest BCUT2D eigenvalue weighted by atomic mass is 10.1. The largest absolute Gasteiger partial charge is 0.466 e. The molecule has 1 atom stereocenters. The first kappa shape index (κ1) is 12.3. The second-order valence-corrected chi connectivity index (χ2v) is 4.96. The summed E-state index contributed by atoms with van der Waals surface area (Å²) in [6, 6.07) is 12.2. The van der Waals surface area contributed by atoms with Gasteiger partial charge in [-0.1, -0.05) is 41.4 Å². The summed E-state index contributed by atoms with van der Waals surface area (Å²) < 4.78 is 5.75. The van der Waals surface area contributed by atoms with Gasteiger partial charge in [0.1, 0.15) is 5.75 Å². The predicted molar refractivity (Wildman–Crippen MR) is 73.7 cm³/mol. The minimum Gasteiger partial charge on any atom is -0.466 e. The first-order valence-corrected chi connectivity index (χ1v) is 6.42. The molecule has 1 heterocycles. The molecular weight excluding hydrogens is 285 g/mol. The SMILES string of the molecule is O=C1NC(c2ccc(Cl)c(Cl)c2)Oc2ccccc21. The zero-order valence-corrected chi connectivity index (χ0v) is 11.2. The molecule has 1 aliphatic heterocycles. The molecule has 0 bridgehead atoms. The van der Waals surface area contributed by atoms with E-state index in [0.717, 1.165) is 5.56 Å². The Labute approximate surface area is 120 Å². The van der Waals surface area contributed by atoms with Crippen LogP contribution in [-0.4, -0.2) is 5.91 Å². The molecule has 3 rings (SSSR count). The Hall–Kier alpha value is -1.71. The highest BCUT2D eigenvalue weighted by molar-refractivity contribution is 6.42. The Morgan fingerprint density at radius 1 is 1.05 bits per heavy atom. The van der Waals surface area contributed by atoms with E-state index < -0.39 is 6.23 Å². The van der Waals surface area contributed by atoms with Gasteiger partial charge in [0.05, 0.1) is 15.6 Å². The number of benzene rings is 2. The molecular formula is C14H9Cl2NO2. The number of hydrogen-bond acceptors (Lipinski definition) is 2. The molecule has 0 saturated carbocycles. The van der Waals surface area contributed by atoms with Gasteiger partial charge >= 0.3 is 0 Å². The quantitative estimate of drug-likeness (QED) is 0.868. The molecule has 1 unspecified atom stereocenters. The van der Waals surface area contributed by atoms with Crippen molar-refractivity contribution in [3.05, 3.63) is 63.6 Å².